The smallest absolute Gasteiger partial charge is 0.251 e. The monoisotopic (exact) mass is 585 g/mol. The summed E-state index contributed by atoms with van der Waals surface area (Å²) < 4.78 is 8.27. The van der Waals surface area contributed by atoms with Gasteiger partial charge in [-0.15, -0.1) is 0 Å². The van der Waals surface area contributed by atoms with Gasteiger partial charge in [-0.1, -0.05) is 6.07 Å². The minimum Gasteiger partial charge on any atom is -0.545 e. The minimum absolute atomic E-state index is 0.0789. The fraction of sp³-hybridized carbons (Fsp3) is 0.258. The molecule has 0 saturated heterocycles. The molecule has 0 aromatic heterocycles. The van der Waals surface area contributed by atoms with Crippen LogP contribution >= 0.6 is 0 Å². The predicted octanol–water partition coefficient (Wildman–Crippen LogP) is 0.303. The summed E-state index contributed by atoms with van der Waals surface area (Å²) in [6.45, 7) is 0.261. The van der Waals surface area contributed by atoms with Crippen molar-refractivity contribution in [1.29, 1.82) is 0 Å². The molecule has 2 aromatic rings. The fourth-order valence-electron chi connectivity index (χ4n) is 4.82. The highest BCUT2D eigenvalue weighted by molar-refractivity contribution is 6.09. The summed E-state index contributed by atoms with van der Waals surface area (Å²) in [5.41, 5.74) is 19.1. The van der Waals surface area contributed by atoms with Crippen LogP contribution in [0.5, 0.6) is 0 Å². The largest absolute Gasteiger partial charge is 0.545 e. The van der Waals surface area contributed by atoms with Gasteiger partial charge < -0.3 is 41.7 Å². The average Bonchev–Trinajstić information content (AvgIpc) is 2.95. The van der Waals surface area contributed by atoms with Crippen LogP contribution in [-0.2, 0) is 4.79 Å². The molecule has 1 aliphatic carbocycles. The maximum atomic E-state index is 13.4. The third-order valence-corrected chi connectivity index (χ3v) is 7.09. The predicted molar refractivity (Wildman–Crippen MR) is 164 cm³/mol. The highest BCUT2D eigenvalue weighted by Crippen LogP contribution is 2.42. The Balaban J connectivity index is 1.89. The number of benzene rings is 3. The van der Waals surface area contributed by atoms with Gasteiger partial charge in [0.25, 0.3) is 5.91 Å². The Bertz CT molecular complexity index is 1780. The molecule has 0 saturated carbocycles. The highest BCUT2D eigenvalue weighted by atomic mass is 16.4. The van der Waals surface area contributed by atoms with E-state index in [0.29, 0.717) is 34.3 Å². The number of carboxylic acids is 1. The van der Waals surface area contributed by atoms with E-state index in [1.54, 1.807) is 0 Å². The molecule has 1 aliphatic heterocycles. The van der Waals surface area contributed by atoms with Crippen LogP contribution in [-0.4, -0.2) is 64.5 Å². The van der Waals surface area contributed by atoms with E-state index in [-0.39, 0.29) is 35.6 Å². The van der Waals surface area contributed by atoms with E-state index in [2.05, 4.69) is 10.3 Å². The van der Waals surface area contributed by atoms with Gasteiger partial charge >= 0.3 is 0 Å². The summed E-state index contributed by atoms with van der Waals surface area (Å²) in [6, 6.07) is 14.4. The first-order chi connectivity index (χ1) is 20.4. The van der Waals surface area contributed by atoms with E-state index in [4.69, 9.17) is 21.6 Å². The average molecular weight is 586 g/mol. The molecular formula is C31H35N7O5. The second-order valence-corrected chi connectivity index (χ2v) is 10.6. The van der Waals surface area contributed by atoms with Gasteiger partial charge in [-0.25, -0.2) is 4.58 Å². The second kappa shape index (κ2) is 12.6. The van der Waals surface area contributed by atoms with E-state index in [9.17, 15) is 19.5 Å². The van der Waals surface area contributed by atoms with Gasteiger partial charge in [-0.3, -0.25) is 14.6 Å². The number of nitrogens with one attached hydrogen (secondary N) is 1. The lowest BCUT2D eigenvalue weighted by Gasteiger charge is -2.21. The topological polar surface area (TPSA) is 196 Å². The Morgan fingerprint density at radius 3 is 2.37 bits per heavy atom. The standard InChI is InChI=1S/C31H35N7O5/c1-37(2)18-8-11-21-25(15-18)43-26-16-19(38(3)4)9-12-22(26)27(21)23-14-17(7-10-20(23)30(41)42)29(40)36-24(28(32)39)6-5-13-35-31(33)34/h7-12,14-16,24H,5-6,13H2,1-4H3,(H7-,32,33,34,35,36,39,40,41,42). The van der Waals surface area contributed by atoms with Gasteiger partial charge in [0.2, 0.25) is 11.3 Å². The van der Waals surface area contributed by atoms with Crippen LogP contribution in [0.4, 0.5) is 5.69 Å². The number of rotatable bonds is 10. The van der Waals surface area contributed by atoms with Crippen molar-refractivity contribution in [3.05, 3.63) is 71.1 Å². The van der Waals surface area contributed by atoms with Gasteiger partial charge in [0, 0.05) is 66.1 Å². The van der Waals surface area contributed by atoms with E-state index in [1.165, 1.54) is 18.2 Å². The van der Waals surface area contributed by atoms with Crippen molar-refractivity contribution in [3.63, 3.8) is 0 Å². The Hall–Kier alpha value is -5.39. The summed E-state index contributed by atoms with van der Waals surface area (Å²) >= 11 is 0. The summed E-state index contributed by atoms with van der Waals surface area (Å²) in [7, 11) is 7.63. The highest BCUT2D eigenvalue weighted by Gasteiger charge is 2.24. The SMILES string of the molecule is CN(C)c1ccc2c(-c3cc(C(=O)NC(CCCN=C(N)N)C(N)=O)ccc3C(=O)[O-])c3ccc(=[N+](C)C)cc-3oc2c1. The number of carbonyl (C=O) groups excluding carboxylic acids is 3. The van der Waals surface area contributed by atoms with Gasteiger partial charge in [-0.2, -0.15) is 0 Å². The first-order valence-electron chi connectivity index (χ1n) is 13.6. The third kappa shape index (κ3) is 6.75. The molecule has 4 rings (SSSR count). The number of anilines is 1. The molecule has 0 spiro atoms. The summed E-state index contributed by atoms with van der Waals surface area (Å²) in [6.07, 6.45) is 0.607. The number of aliphatic imine (C=N–C) groups is 1. The zero-order valence-electron chi connectivity index (χ0n) is 24.5. The number of nitrogens with zero attached hydrogens (tertiary/aromatic N) is 3. The zero-order chi connectivity index (χ0) is 31.4. The van der Waals surface area contributed by atoms with E-state index >= 15 is 0 Å². The second-order valence-electron chi connectivity index (χ2n) is 10.6. The van der Waals surface area contributed by atoms with E-state index in [0.717, 1.165) is 11.0 Å². The lowest BCUT2D eigenvalue weighted by molar-refractivity contribution is -0.254. The molecule has 7 N–H and O–H groups in total. The number of aromatic carboxylic acids is 1. The number of carbonyl (C=O) groups is 3. The summed E-state index contributed by atoms with van der Waals surface area (Å²) in [5, 5.41) is 16.5. The molecule has 12 nitrogen and oxygen atoms in total. The molecular weight excluding hydrogens is 550 g/mol. The third-order valence-electron chi connectivity index (χ3n) is 7.09. The van der Waals surface area contributed by atoms with Crippen LogP contribution in [0.15, 0.2) is 64.0 Å². The van der Waals surface area contributed by atoms with Crippen LogP contribution in [0.25, 0.3) is 33.4 Å². The quantitative estimate of drug-likeness (QED) is 0.0670. The maximum Gasteiger partial charge on any atom is 0.251 e. The summed E-state index contributed by atoms with van der Waals surface area (Å²) in [4.78, 5) is 43.6. The minimum atomic E-state index is -1.41. The summed E-state index contributed by atoms with van der Waals surface area (Å²) in [5.74, 6) is -2.28. The Kier molecular flexibility index (Phi) is 8.98. The molecule has 1 unspecified atom stereocenters. The van der Waals surface area contributed by atoms with Gasteiger partial charge in [0.1, 0.15) is 31.5 Å². The Morgan fingerprint density at radius 2 is 1.74 bits per heavy atom. The van der Waals surface area contributed by atoms with Crippen LogP contribution in [0.2, 0.25) is 0 Å². The van der Waals surface area contributed by atoms with Crippen molar-refractivity contribution in [2.24, 2.45) is 22.2 Å². The van der Waals surface area contributed by atoms with Gasteiger partial charge in [0.15, 0.2) is 5.96 Å². The lowest BCUT2D eigenvalue weighted by Crippen LogP contribution is -2.44. The number of carboxylic acid groups (broad SMARTS) is 1. The number of guanidine groups is 1. The van der Waals surface area contributed by atoms with Crippen molar-refractivity contribution in [1.82, 2.24) is 9.89 Å². The molecule has 0 fully saturated rings. The molecule has 1 atom stereocenters. The first kappa shape index (κ1) is 30.6. The van der Waals surface area contributed by atoms with Crippen LogP contribution < -0.4 is 42.5 Å². The van der Waals surface area contributed by atoms with Crippen molar-refractivity contribution in [3.8, 4) is 22.5 Å². The fourth-order valence-corrected chi connectivity index (χ4v) is 4.82. The van der Waals surface area contributed by atoms with Crippen LogP contribution in [0.3, 0.4) is 0 Å². The number of fused-ring (bicyclic) bond motifs is 2. The molecule has 43 heavy (non-hydrogen) atoms. The van der Waals surface area contributed by atoms with E-state index < -0.39 is 23.8 Å². The molecule has 0 bridgehead atoms. The molecule has 12 heteroatoms. The van der Waals surface area contributed by atoms with Crippen molar-refractivity contribution in [2.75, 3.05) is 39.6 Å². The van der Waals surface area contributed by atoms with Crippen LogP contribution in [0, 0.1) is 0 Å². The van der Waals surface area contributed by atoms with Gasteiger partial charge in [0.05, 0.1) is 12.0 Å². The molecule has 1 heterocycles. The van der Waals surface area contributed by atoms with Crippen molar-refractivity contribution >= 4 is 40.4 Å². The lowest BCUT2D eigenvalue weighted by atomic mass is 9.89. The number of amides is 2. The molecule has 2 amide bonds. The maximum absolute atomic E-state index is 13.4. The normalized spacial score (nSPS) is 11.6. The van der Waals surface area contributed by atoms with Crippen LogP contribution in [0.1, 0.15) is 33.6 Å². The molecule has 0 radical (unpaired) electrons. The number of hydrogen-bond donors (Lipinski definition) is 4. The molecule has 2 aromatic carbocycles. The van der Waals surface area contributed by atoms with Crippen molar-refractivity contribution < 1.29 is 23.9 Å². The van der Waals surface area contributed by atoms with Gasteiger partial charge in [-0.05, 0) is 48.7 Å². The number of hydrogen-bond acceptors (Lipinski definition) is 7. The Morgan fingerprint density at radius 1 is 1.00 bits per heavy atom. The number of primary amides is 1. The molecule has 224 valence electrons. The Labute approximate surface area is 248 Å². The number of nitrogens with two attached hydrogens (primary N) is 3. The first-order valence-corrected chi connectivity index (χ1v) is 13.6. The van der Waals surface area contributed by atoms with E-state index in [1.807, 2.05) is 74.1 Å². The zero-order valence-corrected chi connectivity index (χ0v) is 24.5. The van der Waals surface area contributed by atoms with Crippen molar-refractivity contribution in [2.45, 2.75) is 18.9 Å². The molecule has 2 aliphatic rings.